The first-order chi connectivity index (χ1) is 9.08. The molecule has 0 saturated carbocycles. The number of furan rings is 1. The number of rotatable bonds is 1. The minimum absolute atomic E-state index is 0.0253. The molecule has 0 bridgehead atoms. The fraction of sp³-hybridized carbons (Fsp3) is 0.400. The van der Waals surface area contributed by atoms with E-state index >= 15 is 0 Å². The van der Waals surface area contributed by atoms with Gasteiger partial charge in [0.15, 0.2) is 5.76 Å². The summed E-state index contributed by atoms with van der Waals surface area (Å²) < 4.78 is 5.66. The molecule has 4 nitrogen and oxygen atoms in total. The lowest BCUT2D eigenvalue weighted by molar-refractivity contribution is 0.0448. The number of piperazine rings is 1. The van der Waals surface area contributed by atoms with Gasteiger partial charge in [0.1, 0.15) is 5.58 Å². The first-order valence-electron chi connectivity index (χ1n) is 6.59. The van der Waals surface area contributed by atoms with Crippen LogP contribution < -0.4 is 5.32 Å². The molecule has 0 spiro atoms. The minimum atomic E-state index is -0.186. The smallest absolute Gasteiger partial charge is 0.290 e. The van der Waals surface area contributed by atoms with Crippen LogP contribution in [0.5, 0.6) is 0 Å². The second-order valence-corrected chi connectivity index (χ2v) is 5.59. The van der Waals surface area contributed by atoms with Gasteiger partial charge in [-0.2, -0.15) is 0 Å². The topological polar surface area (TPSA) is 45.5 Å². The summed E-state index contributed by atoms with van der Waals surface area (Å²) in [7, 11) is 0. The zero-order valence-corrected chi connectivity index (χ0v) is 11.3. The van der Waals surface area contributed by atoms with Gasteiger partial charge in [0.05, 0.1) is 5.54 Å². The molecule has 19 heavy (non-hydrogen) atoms. The van der Waals surface area contributed by atoms with E-state index in [0.717, 1.165) is 24.1 Å². The fourth-order valence-corrected chi connectivity index (χ4v) is 2.58. The standard InChI is InChI=1S/C15H18N2O2/c1-15(2)10-16-7-8-17(15)14(18)13-9-11-5-3-4-6-12(11)19-13/h3-6,9,16H,7-8,10H2,1-2H3. The number of para-hydroxylation sites is 1. The van der Waals surface area contributed by atoms with Crippen LogP contribution >= 0.6 is 0 Å². The highest BCUT2D eigenvalue weighted by Gasteiger charge is 2.34. The molecule has 4 heteroatoms. The van der Waals surface area contributed by atoms with E-state index in [2.05, 4.69) is 19.2 Å². The van der Waals surface area contributed by atoms with Gasteiger partial charge < -0.3 is 14.6 Å². The number of carbonyl (C=O) groups is 1. The van der Waals surface area contributed by atoms with Gasteiger partial charge in [0.25, 0.3) is 5.91 Å². The van der Waals surface area contributed by atoms with Crippen molar-refractivity contribution in [2.24, 2.45) is 0 Å². The Kier molecular flexibility index (Phi) is 2.82. The van der Waals surface area contributed by atoms with Crippen LogP contribution in [0.1, 0.15) is 24.4 Å². The minimum Gasteiger partial charge on any atom is -0.451 e. The van der Waals surface area contributed by atoms with Crippen molar-refractivity contribution in [3.8, 4) is 0 Å². The number of amides is 1. The van der Waals surface area contributed by atoms with E-state index in [0.29, 0.717) is 12.3 Å². The van der Waals surface area contributed by atoms with Gasteiger partial charge in [-0.15, -0.1) is 0 Å². The molecule has 1 N–H and O–H groups in total. The van der Waals surface area contributed by atoms with Gasteiger partial charge in [-0.05, 0) is 26.0 Å². The Morgan fingerprint density at radius 1 is 1.37 bits per heavy atom. The lowest BCUT2D eigenvalue weighted by Gasteiger charge is -2.42. The maximum atomic E-state index is 12.6. The van der Waals surface area contributed by atoms with Crippen molar-refractivity contribution in [2.45, 2.75) is 19.4 Å². The Bertz CT molecular complexity index is 582. The van der Waals surface area contributed by atoms with Crippen LogP contribution in [0.15, 0.2) is 34.7 Å². The normalized spacial score (nSPS) is 18.7. The molecule has 1 aromatic heterocycles. The molecule has 2 aromatic rings. The zero-order valence-electron chi connectivity index (χ0n) is 11.3. The van der Waals surface area contributed by atoms with Crippen LogP contribution in [0.3, 0.4) is 0 Å². The molecule has 1 amide bonds. The van der Waals surface area contributed by atoms with E-state index in [1.54, 1.807) is 0 Å². The highest BCUT2D eigenvalue weighted by Crippen LogP contribution is 2.24. The van der Waals surface area contributed by atoms with Crippen molar-refractivity contribution in [1.29, 1.82) is 0 Å². The zero-order chi connectivity index (χ0) is 13.5. The van der Waals surface area contributed by atoms with Gasteiger partial charge in [-0.1, -0.05) is 18.2 Å². The van der Waals surface area contributed by atoms with Crippen molar-refractivity contribution in [3.05, 3.63) is 36.1 Å². The third-order valence-corrected chi connectivity index (χ3v) is 3.68. The Labute approximate surface area is 112 Å². The predicted octanol–water partition coefficient (Wildman–Crippen LogP) is 2.26. The molecule has 100 valence electrons. The molecule has 1 aromatic carbocycles. The van der Waals surface area contributed by atoms with Crippen LogP contribution in [-0.2, 0) is 0 Å². The highest BCUT2D eigenvalue weighted by molar-refractivity contribution is 5.96. The summed E-state index contributed by atoms with van der Waals surface area (Å²) in [5.41, 5.74) is 0.577. The second-order valence-electron chi connectivity index (χ2n) is 5.59. The molecule has 3 rings (SSSR count). The quantitative estimate of drug-likeness (QED) is 0.853. The Balaban J connectivity index is 1.94. The average Bonchev–Trinajstić information content (AvgIpc) is 2.81. The molecule has 1 aliphatic heterocycles. The van der Waals surface area contributed by atoms with Crippen LogP contribution in [0.25, 0.3) is 11.0 Å². The molecule has 0 unspecified atom stereocenters. The van der Waals surface area contributed by atoms with Gasteiger partial charge >= 0.3 is 0 Å². The van der Waals surface area contributed by atoms with E-state index in [4.69, 9.17) is 4.42 Å². The summed E-state index contributed by atoms with van der Waals surface area (Å²) in [6.45, 7) is 6.48. The predicted molar refractivity (Wildman–Crippen MR) is 74.2 cm³/mol. The summed E-state index contributed by atoms with van der Waals surface area (Å²) >= 11 is 0. The first-order valence-corrected chi connectivity index (χ1v) is 6.59. The SMILES string of the molecule is CC1(C)CNCCN1C(=O)c1cc2ccccc2o1. The number of hydrogen-bond donors (Lipinski definition) is 1. The number of nitrogens with one attached hydrogen (secondary N) is 1. The molecule has 1 fully saturated rings. The van der Waals surface area contributed by atoms with Gasteiger partial charge in [-0.3, -0.25) is 4.79 Å². The monoisotopic (exact) mass is 258 g/mol. The number of benzene rings is 1. The third-order valence-electron chi connectivity index (χ3n) is 3.68. The maximum Gasteiger partial charge on any atom is 0.290 e. The summed E-state index contributed by atoms with van der Waals surface area (Å²) in [6.07, 6.45) is 0. The van der Waals surface area contributed by atoms with Gasteiger partial charge in [0.2, 0.25) is 0 Å². The van der Waals surface area contributed by atoms with Gasteiger partial charge in [-0.25, -0.2) is 0 Å². The van der Waals surface area contributed by atoms with Gasteiger partial charge in [0, 0.05) is 25.0 Å². The molecule has 0 aliphatic carbocycles. The van der Waals surface area contributed by atoms with E-state index in [9.17, 15) is 4.79 Å². The molecule has 2 heterocycles. The Morgan fingerprint density at radius 2 is 2.16 bits per heavy atom. The molecule has 1 saturated heterocycles. The van der Waals surface area contributed by atoms with Crippen molar-refractivity contribution >= 4 is 16.9 Å². The number of nitrogens with zero attached hydrogens (tertiary/aromatic N) is 1. The average molecular weight is 258 g/mol. The van der Waals surface area contributed by atoms with Crippen molar-refractivity contribution in [1.82, 2.24) is 10.2 Å². The van der Waals surface area contributed by atoms with Crippen LogP contribution in [0.2, 0.25) is 0 Å². The fourth-order valence-electron chi connectivity index (χ4n) is 2.58. The van der Waals surface area contributed by atoms with E-state index in [-0.39, 0.29) is 11.4 Å². The molecule has 0 radical (unpaired) electrons. The summed E-state index contributed by atoms with van der Waals surface area (Å²) in [4.78, 5) is 14.5. The summed E-state index contributed by atoms with van der Waals surface area (Å²) in [6, 6.07) is 9.53. The van der Waals surface area contributed by atoms with E-state index < -0.39 is 0 Å². The summed E-state index contributed by atoms with van der Waals surface area (Å²) in [5, 5.41) is 4.28. The second kappa shape index (κ2) is 4.38. The van der Waals surface area contributed by atoms with Crippen LogP contribution in [0, 0.1) is 0 Å². The molecular weight excluding hydrogens is 240 g/mol. The van der Waals surface area contributed by atoms with E-state index in [1.807, 2.05) is 35.2 Å². The largest absolute Gasteiger partial charge is 0.451 e. The van der Waals surface area contributed by atoms with Crippen LogP contribution in [-0.4, -0.2) is 36.0 Å². The third kappa shape index (κ3) is 2.12. The number of carbonyl (C=O) groups excluding carboxylic acids is 1. The Morgan fingerprint density at radius 3 is 2.89 bits per heavy atom. The first kappa shape index (κ1) is 12.2. The lowest BCUT2D eigenvalue weighted by Crippen LogP contribution is -2.59. The molecular formula is C15H18N2O2. The Hall–Kier alpha value is -1.81. The van der Waals surface area contributed by atoms with Crippen molar-refractivity contribution in [3.63, 3.8) is 0 Å². The maximum absolute atomic E-state index is 12.6. The lowest BCUT2D eigenvalue weighted by atomic mass is 10.00. The van der Waals surface area contributed by atoms with Crippen LogP contribution in [0.4, 0.5) is 0 Å². The molecule has 1 aliphatic rings. The highest BCUT2D eigenvalue weighted by atomic mass is 16.3. The number of fused-ring (bicyclic) bond motifs is 1. The van der Waals surface area contributed by atoms with Crippen molar-refractivity contribution in [2.75, 3.05) is 19.6 Å². The van der Waals surface area contributed by atoms with Crippen molar-refractivity contribution < 1.29 is 9.21 Å². The molecule has 0 atom stereocenters. The van der Waals surface area contributed by atoms with E-state index in [1.165, 1.54) is 0 Å². The number of hydrogen-bond acceptors (Lipinski definition) is 3. The summed E-state index contributed by atoms with van der Waals surface area (Å²) in [5.74, 6) is 0.402.